The van der Waals surface area contributed by atoms with Crippen LogP contribution in [0, 0.1) is 12.7 Å². The van der Waals surface area contributed by atoms with Crippen molar-refractivity contribution in [2.75, 3.05) is 0 Å². The quantitative estimate of drug-likeness (QED) is 0.902. The van der Waals surface area contributed by atoms with Crippen molar-refractivity contribution in [3.05, 3.63) is 69.4 Å². The van der Waals surface area contributed by atoms with E-state index >= 15 is 0 Å². The van der Waals surface area contributed by atoms with Crippen LogP contribution in [0.3, 0.4) is 0 Å². The highest BCUT2D eigenvalue weighted by atomic mass is 79.9. The monoisotopic (exact) mass is 308 g/mol. The molecule has 0 spiro atoms. The Balaban J connectivity index is 2.16. The second kappa shape index (κ2) is 5.63. The first kappa shape index (κ1) is 13.2. The van der Waals surface area contributed by atoms with Crippen LogP contribution in [-0.2, 0) is 6.42 Å². The maximum atomic E-state index is 13.0. The number of hydrogen-bond donors (Lipinski definition) is 1. The molecule has 0 aliphatic heterocycles. The van der Waals surface area contributed by atoms with Crippen LogP contribution in [0.2, 0.25) is 0 Å². The van der Waals surface area contributed by atoms with E-state index in [4.69, 9.17) is 0 Å². The van der Waals surface area contributed by atoms with Crippen molar-refractivity contribution in [1.29, 1.82) is 0 Å². The molecule has 0 aliphatic carbocycles. The van der Waals surface area contributed by atoms with Crippen LogP contribution in [0.25, 0.3) is 0 Å². The summed E-state index contributed by atoms with van der Waals surface area (Å²) in [5, 5.41) is 10.1. The zero-order valence-electron chi connectivity index (χ0n) is 10.0. The highest BCUT2D eigenvalue weighted by molar-refractivity contribution is 9.10. The molecule has 0 heterocycles. The molecule has 0 fully saturated rings. The topological polar surface area (TPSA) is 20.2 Å². The van der Waals surface area contributed by atoms with E-state index in [-0.39, 0.29) is 5.82 Å². The summed E-state index contributed by atoms with van der Waals surface area (Å²) < 4.78 is 14.0. The Morgan fingerprint density at radius 2 is 2.00 bits per heavy atom. The van der Waals surface area contributed by atoms with Gasteiger partial charge in [-0.2, -0.15) is 0 Å². The third-order valence-corrected chi connectivity index (χ3v) is 3.75. The average Bonchev–Trinajstić information content (AvgIpc) is 2.32. The summed E-state index contributed by atoms with van der Waals surface area (Å²) in [7, 11) is 0. The lowest BCUT2D eigenvalue weighted by atomic mass is 10.0. The smallest absolute Gasteiger partial charge is 0.123 e. The van der Waals surface area contributed by atoms with Crippen molar-refractivity contribution in [2.24, 2.45) is 0 Å². The summed E-state index contributed by atoms with van der Waals surface area (Å²) in [6, 6.07) is 12.1. The minimum absolute atomic E-state index is 0.273. The normalized spacial score (nSPS) is 12.4. The number of benzene rings is 2. The molecule has 0 aliphatic rings. The van der Waals surface area contributed by atoms with Gasteiger partial charge in [0.25, 0.3) is 0 Å². The summed E-state index contributed by atoms with van der Waals surface area (Å²) in [5.41, 5.74) is 2.74. The standard InChI is InChI=1S/C15H14BrFO/c1-10-5-6-12(9-14(10)16)15(18)8-11-3-2-4-13(17)7-11/h2-7,9,15,18H,8H2,1H3. The summed E-state index contributed by atoms with van der Waals surface area (Å²) in [6.07, 6.45) is -0.212. The molecule has 2 aromatic rings. The lowest BCUT2D eigenvalue weighted by molar-refractivity contribution is 0.178. The fourth-order valence-electron chi connectivity index (χ4n) is 1.82. The number of aliphatic hydroxyl groups is 1. The molecule has 1 atom stereocenters. The fourth-order valence-corrected chi connectivity index (χ4v) is 2.22. The van der Waals surface area contributed by atoms with E-state index in [9.17, 15) is 9.50 Å². The molecule has 0 radical (unpaired) electrons. The van der Waals surface area contributed by atoms with Crippen molar-refractivity contribution in [1.82, 2.24) is 0 Å². The van der Waals surface area contributed by atoms with E-state index in [2.05, 4.69) is 15.9 Å². The predicted molar refractivity (Wildman–Crippen MR) is 73.9 cm³/mol. The highest BCUT2D eigenvalue weighted by Gasteiger charge is 2.10. The molecule has 0 aromatic heterocycles. The van der Waals surface area contributed by atoms with Gasteiger partial charge < -0.3 is 5.11 Å². The number of aryl methyl sites for hydroxylation is 1. The maximum Gasteiger partial charge on any atom is 0.123 e. The van der Waals surface area contributed by atoms with Crippen LogP contribution in [0.15, 0.2) is 46.9 Å². The van der Waals surface area contributed by atoms with E-state index in [0.29, 0.717) is 6.42 Å². The summed E-state index contributed by atoms with van der Waals surface area (Å²) in [6.45, 7) is 1.99. The van der Waals surface area contributed by atoms with E-state index in [0.717, 1.165) is 21.2 Å². The molecule has 3 heteroatoms. The molecule has 94 valence electrons. The van der Waals surface area contributed by atoms with Crippen LogP contribution in [0.1, 0.15) is 22.8 Å². The predicted octanol–water partition coefficient (Wildman–Crippen LogP) is 4.17. The number of halogens is 2. The molecule has 1 N–H and O–H groups in total. The lowest BCUT2D eigenvalue weighted by Gasteiger charge is -2.12. The Morgan fingerprint density at radius 1 is 1.22 bits per heavy atom. The second-order valence-corrected chi connectivity index (χ2v) is 5.21. The molecule has 2 rings (SSSR count). The third-order valence-electron chi connectivity index (χ3n) is 2.90. The van der Waals surface area contributed by atoms with Crippen LogP contribution >= 0.6 is 15.9 Å². The largest absolute Gasteiger partial charge is 0.388 e. The van der Waals surface area contributed by atoms with E-state index < -0.39 is 6.10 Å². The first-order valence-electron chi connectivity index (χ1n) is 5.75. The van der Waals surface area contributed by atoms with Gasteiger partial charge >= 0.3 is 0 Å². The van der Waals surface area contributed by atoms with Gasteiger partial charge in [-0.25, -0.2) is 4.39 Å². The van der Waals surface area contributed by atoms with E-state index in [1.165, 1.54) is 12.1 Å². The molecule has 0 saturated heterocycles. The Kier molecular flexibility index (Phi) is 4.15. The van der Waals surface area contributed by atoms with Crippen molar-refractivity contribution in [3.8, 4) is 0 Å². The fraction of sp³-hybridized carbons (Fsp3) is 0.200. The maximum absolute atomic E-state index is 13.0. The molecule has 2 aromatic carbocycles. The average molecular weight is 309 g/mol. The molecule has 0 bridgehead atoms. The first-order chi connectivity index (χ1) is 8.56. The molecular weight excluding hydrogens is 295 g/mol. The minimum Gasteiger partial charge on any atom is -0.388 e. The SMILES string of the molecule is Cc1ccc(C(O)Cc2cccc(F)c2)cc1Br. The Morgan fingerprint density at radius 3 is 2.67 bits per heavy atom. The molecule has 18 heavy (non-hydrogen) atoms. The Bertz CT molecular complexity index is 554. The molecule has 1 unspecified atom stereocenters. The molecule has 0 amide bonds. The Hall–Kier alpha value is -1.19. The zero-order chi connectivity index (χ0) is 13.1. The van der Waals surface area contributed by atoms with Crippen molar-refractivity contribution < 1.29 is 9.50 Å². The van der Waals surface area contributed by atoms with Gasteiger partial charge in [-0.3, -0.25) is 0 Å². The molecule has 1 nitrogen and oxygen atoms in total. The van der Waals surface area contributed by atoms with Crippen LogP contribution < -0.4 is 0 Å². The van der Waals surface area contributed by atoms with Gasteiger partial charge in [0.1, 0.15) is 5.82 Å². The van der Waals surface area contributed by atoms with Gasteiger partial charge in [-0.15, -0.1) is 0 Å². The minimum atomic E-state index is -0.622. The summed E-state index contributed by atoms with van der Waals surface area (Å²) in [4.78, 5) is 0. The van der Waals surface area contributed by atoms with Crippen LogP contribution in [0.4, 0.5) is 4.39 Å². The Labute approximate surface area is 114 Å². The van der Waals surface area contributed by atoms with Gasteiger partial charge in [0.2, 0.25) is 0 Å². The van der Waals surface area contributed by atoms with E-state index in [1.54, 1.807) is 6.07 Å². The second-order valence-electron chi connectivity index (χ2n) is 4.36. The van der Waals surface area contributed by atoms with Gasteiger partial charge in [-0.1, -0.05) is 40.2 Å². The van der Waals surface area contributed by atoms with E-state index in [1.807, 2.05) is 31.2 Å². The third kappa shape index (κ3) is 3.18. The lowest BCUT2D eigenvalue weighted by Crippen LogP contribution is -2.02. The highest BCUT2D eigenvalue weighted by Crippen LogP contribution is 2.24. The van der Waals surface area contributed by atoms with Crippen LogP contribution in [-0.4, -0.2) is 5.11 Å². The zero-order valence-corrected chi connectivity index (χ0v) is 11.6. The number of hydrogen-bond acceptors (Lipinski definition) is 1. The number of rotatable bonds is 3. The summed E-state index contributed by atoms with van der Waals surface area (Å²) >= 11 is 3.44. The van der Waals surface area contributed by atoms with Gasteiger partial charge in [-0.05, 0) is 41.8 Å². The number of aliphatic hydroxyl groups excluding tert-OH is 1. The van der Waals surface area contributed by atoms with Crippen LogP contribution in [0.5, 0.6) is 0 Å². The van der Waals surface area contributed by atoms with Gasteiger partial charge in [0.15, 0.2) is 0 Å². The van der Waals surface area contributed by atoms with Gasteiger partial charge in [0.05, 0.1) is 6.10 Å². The molecular formula is C15H14BrFO. The van der Waals surface area contributed by atoms with Gasteiger partial charge in [0, 0.05) is 10.9 Å². The summed E-state index contributed by atoms with van der Waals surface area (Å²) in [5.74, 6) is -0.273. The molecule has 0 saturated carbocycles. The van der Waals surface area contributed by atoms with Crippen molar-refractivity contribution >= 4 is 15.9 Å². The van der Waals surface area contributed by atoms with Crippen molar-refractivity contribution in [2.45, 2.75) is 19.4 Å². The van der Waals surface area contributed by atoms with Crippen molar-refractivity contribution in [3.63, 3.8) is 0 Å². The first-order valence-corrected chi connectivity index (χ1v) is 6.54.